The van der Waals surface area contributed by atoms with Crippen LogP contribution in [0.4, 0.5) is 0 Å². The lowest BCUT2D eigenvalue weighted by atomic mass is 10.0. The van der Waals surface area contributed by atoms with Gasteiger partial charge in [-0.1, -0.05) is 24.6 Å². The average Bonchev–Trinajstić information content (AvgIpc) is 3.09. The highest BCUT2D eigenvalue weighted by atomic mass is 16.5. The number of aliphatic hydroxyl groups is 1. The van der Waals surface area contributed by atoms with Crippen molar-refractivity contribution in [2.45, 2.75) is 43.9 Å². The molecule has 3 unspecified atom stereocenters. The molecule has 0 saturated carbocycles. The molecule has 2 fully saturated rings. The molecule has 1 aromatic rings. The number of ether oxygens (including phenoxy) is 1. The maximum absolute atomic E-state index is 12.4. The van der Waals surface area contributed by atoms with Gasteiger partial charge in [0.25, 0.3) is 0 Å². The van der Waals surface area contributed by atoms with Gasteiger partial charge in [0.1, 0.15) is 5.75 Å². The largest absolute Gasteiger partial charge is 0.496 e. The molecule has 2 aliphatic heterocycles. The maximum atomic E-state index is 12.4. The highest BCUT2D eigenvalue weighted by molar-refractivity contribution is 5.82. The third-order valence-electron chi connectivity index (χ3n) is 5.22. The van der Waals surface area contributed by atoms with Crippen LogP contribution in [0.3, 0.4) is 0 Å². The zero-order valence-corrected chi connectivity index (χ0v) is 14.9. The molecule has 6 nitrogen and oxygen atoms in total. The Labute approximate surface area is 149 Å². The minimum absolute atomic E-state index is 0.0338. The first-order valence-electron chi connectivity index (χ1n) is 9.25. The topological polar surface area (TPSA) is 73.8 Å². The standard InChI is InChI=1S/C19H29N3O3/c1-25-18-8-4-3-7-15(18)17(22-9-5-2-6-10-22)13-21-19(24)16-11-14(23)12-20-16/h3-4,7-8,14,16-17,20,23H,2,5-6,9-13H2,1H3,(H,21,24). The van der Waals surface area contributed by atoms with Crippen molar-refractivity contribution in [2.75, 3.05) is 33.3 Å². The number of rotatable bonds is 6. The van der Waals surface area contributed by atoms with Crippen molar-refractivity contribution in [1.29, 1.82) is 0 Å². The van der Waals surface area contributed by atoms with E-state index in [1.54, 1.807) is 7.11 Å². The van der Waals surface area contributed by atoms with Gasteiger partial charge < -0.3 is 20.5 Å². The first-order chi connectivity index (χ1) is 12.2. The van der Waals surface area contributed by atoms with E-state index in [9.17, 15) is 9.90 Å². The molecule has 1 aromatic carbocycles. The second-order valence-corrected chi connectivity index (χ2v) is 6.95. The Kier molecular flexibility index (Phi) is 6.29. The van der Waals surface area contributed by atoms with Gasteiger partial charge in [-0.15, -0.1) is 0 Å². The summed E-state index contributed by atoms with van der Waals surface area (Å²) in [6, 6.07) is 7.86. The molecule has 2 saturated heterocycles. The lowest BCUT2D eigenvalue weighted by Gasteiger charge is -2.35. The van der Waals surface area contributed by atoms with Gasteiger partial charge in [-0.3, -0.25) is 9.69 Å². The Hall–Kier alpha value is -1.63. The van der Waals surface area contributed by atoms with E-state index in [2.05, 4.69) is 21.6 Å². The number of carbonyl (C=O) groups excluding carboxylic acids is 1. The fourth-order valence-corrected chi connectivity index (χ4v) is 3.84. The molecule has 138 valence electrons. The number of β-amino-alcohol motifs (C(OH)–C–C–N with tert-alkyl or cyclic N) is 1. The Bertz CT molecular complexity index is 575. The molecule has 0 radical (unpaired) electrons. The number of aliphatic hydroxyl groups excluding tert-OH is 1. The van der Waals surface area contributed by atoms with Gasteiger partial charge in [-0.2, -0.15) is 0 Å². The Morgan fingerprint density at radius 1 is 1.36 bits per heavy atom. The fourth-order valence-electron chi connectivity index (χ4n) is 3.84. The van der Waals surface area contributed by atoms with Gasteiger partial charge in [0.2, 0.25) is 5.91 Å². The lowest BCUT2D eigenvalue weighted by Crippen LogP contribution is -2.45. The molecule has 3 N–H and O–H groups in total. The minimum Gasteiger partial charge on any atom is -0.496 e. The van der Waals surface area contributed by atoms with E-state index in [-0.39, 0.29) is 18.0 Å². The van der Waals surface area contributed by atoms with Crippen LogP contribution in [0.1, 0.15) is 37.3 Å². The van der Waals surface area contributed by atoms with E-state index in [1.165, 1.54) is 19.3 Å². The number of nitrogens with one attached hydrogen (secondary N) is 2. The normalized spacial score (nSPS) is 25.5. The summed E-state index contributed by atoms with van der Waals surface area (Å²) in [7, 11) is 1.69. The molecular formula is C19H29N3O3. The van der Waals surface area contributed by atoms with Gasteiger partial charge >= 0.3 is 0 Å². The number of benzene rings is 1. The average molecular weight is 347 g/mol. The zero-order valence-electron chi connectivity index (χ0n) is 14.9. The van der Waals surface area contributed by atoms with Crippen LogP contribution < -0.4 is 15.4 Å². The molecule has 1 amide bonds. The van der Waals surface area contributed by atoms with Crippen molar-refractivity contribution in [3.8, 4) is 5.75 Å². The number of amides is 1. The molecule has 2 heterocycles. The Morgan fingerprint density at radius 3 is 2.80 bits per heavy atom. The first-order valence-corrected chi connectivity index (χ1v) is 9.25. The molecule has 25 heavy (non-hydrogen) atoms. The van der Waals surface area contributed by atoms with Crippen molar-refractivity contribution in [3.05, 3.63) is 29.8 Å². The molecule has 0 bridgehead atoms. The molecule has 3 atom stereocenters. The summed E-state index contributed by atoms with van der Waals surface area (Å²) in [5, 5.41) is 15.8. The maximum Gasteiger partial charge on any atom is 0.237 e. The summed E-state index contributed by atoms with van der Waals surface area (Å²) < 4.78 is 5.55. The van der Waals surface area contributed by atoms with Gasteiger partial charge in [0.05, 0.1) is 25.3 Å². The van der Waals surface area contributed by atoms with E-state index in [4.69, 9.17) is 4.74 Å². The van der Waals surface area contributed by atoms with Crippen LogP contribution >= 0.6 is 0 Å². The van der Waals surface area contributed by atoms with E-state index in [0.717, 1.165) is 24.4 Å². The smallest absolute Gasteiger partial charge is 0.237 e. The summed E-state index contributed by atoms with van der Waals surface area (Å²) in [6.07, 6.45) is 3.70. The second kappa shape index (κ2) is 8.65. The lowest BCUT2D eigenvalue weighted by molar-refractivity contribution is -0.123. The number of hydrogen-bond donors (Lipinski definition) is 3. The van der Waals surface area contributed by atoms with Crippen LogP contribution in [-0.2, 0) is 4.79 Å². The molecule has 0 aromatic heterocycles. The number of piperidine rings is 1. The van der Waals surface area contributed by atoms with Crippen LogP contribution in [0.25, 0.3) is 0 Å². The van der Waals surface area contributed by atoms with Crippen LogP contribution in [0.2, 0.25) is 0 Å². The SMILES string of the molecule is COc1ccccc1C(CNC(=O)C1CC(O)CN1)N1CCCCC1. The first kappa shape index (κ1) is 18.2. The summed E-state index contributed by atoms with van der Waals surface area (Å²) in [4.78, 5) is 14.9. The Morgan fingerprint density at radius 2 is 2.12 bits per heavy atom. The summed E-state index contributed by atoms with van der Waals surface area (Å²) in [6.45, 7) is 3.12. The number of hydrogen-bond acceptors (Lipinski definition) is 5. The third kappa shape index (κ3) is 4.51. The molecule has 0 spiro atoms. The highest BCUT2D eigenvalue weighted by Gasteiger charge is 2.30. The van der Waals surface area contributed by atoms with E-state index >= 15 is 0 Å². The second-order valence-electron chi connectivity index (χ2n) is 6.95. The van der Waals surface area contributed by atoms with E-state index in [0.29, 0.717) is 19.5 Å². The van der Waals surface area contributed by atoms with Crippen LogP contribution in [0.15, 0.2) is 24.3 Å². The highest BCUT2D eigenvalue weighted by Crippen LogP contribution is 2.30. The van der Waals surface area contributed by atoms with Gasteiger partial charge in [-0.25, -0.2) is 0 Å². The number of para-hydroxylation sites is 1. The summed E-state index contributed by atoms with van der Waals surface area (Å²) >= 11 is 0. The summed E-state index contributed by atoms with van der Waals surface area (Å²) in [5.41, 5.74) is 1.12. The predicted octanol–water partition coefficient (Wildman–Crippen LogP) is 1.06. The quantitative estimate of drug-likeness (QED) is 0.718. The Balaban J connectivity index is 1.71. The minimum atomic E-state index is -0.428. The predicted molar refractivity (Wildman–Crippen MR) is 96.6 cm³/mol. The van der Waals surface area contributed by atoms with E-state index < -0.39 is 6.10 Å². The van der Waals surface area contributed by atoms with Crippen molar-refractivity contribution < 1.29 is 14.6 Å². The summed E-state index contributed by atoms with van der Waals surface area (Å²) in [5.74, 6) is 0.829. The fraction of sp³-hybridized carbons (Fsp3) is 0.632. The number of carbonyl (C=O) groups is 1. The van der Waals surface area contributed by atoms with Gasteiger partial charge in [0.15, 0.2) is 0 Å². The zero-order chi connectivity index (χ0) is 17.6. The van der Waals surface area contributed by atoms with E-state index in [1.807, 2.05) is 18.2 Å². The number of likely N-dealkylation sites (tertiary alicyclic amines) is 1. The van der Waals surface area contributed by atoms with Crippen molar-refractivity contribution in [2.24, 2.45) is 0 Å². The van der Waals surface area contributed by atoms with Crippen LogP contribution in [0, 0.1) is 0 Å². The van der Waals surface area contributed by atoms with Crippen LogP contribution in [0.5, 0.6) is 5.75 Å². The van der Waals surface area contributed by atoms with Crippen molar-refractivity contribution in [3.63, 3.8) is 0 Å². The van der Waals surface area contributed by atoms with Crippen LogP contribution in [-0.4, -0.2) is 61.3 Å². The number of methoxy groups -OCH3 is 1. The molecule has 6 heteroatoms. The van der Waals surface area contributed by atoms with Gasteiger partial charge in [-0.05, 0) is 38.4 Å². The van der Waals surface area contributed by atoms with Gasteiger partial charge in [0, 0.05) is 18.7 Å². The monoisotopic (exact) mass is 347 g/mol. The third-order valence-corrected chi connectivity index (χ3v) is 5.22. The molecule has 0 aliphatic carbocycles. The van der Waals surface area contributed by atoms with Crippen molar-refractivity contribution in [1.82, 2.24) is 15.5 Å². The van der Waals surface area contributed by atoms with Crippen molar-refractivity contribution >= 4 is 5.91 Å². The molecule has 2 aliphatic rings. The number of nitrogens with zero attached hydrogens (tertiary/aromatic N) is 1. The molecular weight excluding hydrogens is 318 g/mol. The molecule has 3 rings (SSSR count).